The number of aliphatic hydroxyl groups is 1. The molecule has 1 fully saturated rings. The third kappa shape index (κ3) is 3.14. The largest absolute Gasteiger partial charge is 0.394 e. The van der Waals surface area contributed by atoms with E-state index in [1.54, 1.807) is 0 Å². The summed E-state index contributed by atoms with van der Waals surface area (Å²) in [5, 5.41) is 13.6. The molecule has 0 bridgehead atoms. The normalized spacial score (nSPS) is 15.9. The van der Waals surface area contributed by atoms with Crippen molar-refractivity contribution < 1.29 is 5.11 Å². The summed E-state index contributed by atoms with van der Waals surface area (Å²) in [5.41, 5.74) is 3.42. The van der Waals surface area contributed by atoms with E-state index < -0.39 is 0 Å². The Bertz CT molecular complexity index is 578. The maximum atomic E-state index is 9.61. The molecule has 0 aliphatic heterocycles. The monoisotopic (exact) mass is 287 g/mol. The minimum atomic E-state index is -0.110. The van der Waals surface area contributed by atoms with Gasteiger partial charge in [0.25, 0.3) is 0 Å². The molecule has 1 atom stereocenters. The van der Waals surface area contributed by atoms with Crippen LogP contribution >= 0.6 is 11.6 Å². The molecule has 0 spiro atoms. The summed E-state index contributed by atoms with van der Waals surface area (Å²) in [7, 11) is 0. The Morgan fingerprint density at radius 1 is 1.15 bits per heavy atom. The summed E-state index contributed by atoms with van der Waals surface area (Å²) in [5.74, 6) is 0.762. The van der Waals surface area contributed by atoms with E-state index in [1.807, 2.05) is 24.3 Å². The standard InChI is InChI=1S/C17H18ClNO/c18-15-2-1-3-16(10-15)19-17(11-20)14-8-6-13(7-9-14)12-4-5-12/h1-3,6-10,12,17,19-20H,4-5,11H2. The molecule has 2 nitrogen and oxygen atoms in total. The minimum absolute atomic E-state index is 0.0509. The highest BCUT2D eigenvalue weighted by Crippen LogP contribution is 2.40. The zero-order chi connectivity index (χ0) is 13.9. The van der Waals surface area contributed by atoms with Crippen LogP contribution in [0.3, 0.4) is 0 Å². The van der Waals surface area contributed by atoms with E-state index in [-0.39, 0.29) is 12.6 Å². The molecular weight excluding hydrogens is 270 g/mol. The molecule has 1 saturated carbocycles. The van der Waals surface area contributed by atoms with Gasteiger partial charge in [-0.25, -0.2) is 0 Å². The van der Waals surface area contributed by atoms with Crippen molar-refractivity contribution in [2.75, 3.05) is 11.9 Å². The van der Waals surface area contributed by atoms with Crippen molar-refractivity contribution in [2.45, 2.75) is 24.8 Å². The van der Waals surface area contributed by atoms with E-state index in [1.165, 1.54) is 18.4 Å². The highest BCUT2D eigenvalue weighted by Gasteiger charge is 2.23. The van der Waals surface area contributed by atoms with Gasteiger partial charge in [-0.05, 0) is 48.1 Å². The number of halogens is 1. The zero-order valence-corrected chi connectivity index (χ0v) is 12.0. The summed E-state index contributed by atoms with van der Waals surface area (Å²) in [4.78, 5) is 0. The zero-order valence-electron chi connectivity index (χ0n) is 11.2. The van der Waals surface area contributed by atoms with Gasteiger partial charge in [-0.1, -0.05) is 41.9 Å². The first kappa shape index (κ1) is 13.5. The molecule has 2 aromatic carbocycles. The van der Waals surface area contributed by atoms with Gasteiger partial charge in [-0.15, -0.1) is 0 Å². The van der Waals surface area contributed by atoms with Crippen LogP contribution in [-0.2, 0) is 0 Å². The fourth-order valence-electron chi connectivity index (χ4n) is 2.43. The quantitative estimate of drug-likeness (QED) is 0.856. The van der Waals surface area contributed by atoms with Gasteiger partial charge in [0, 0.05) is 10.7 Å². The van der Waals surface area contributed by atoms with Gasteiger partial charge in [0.2, 0.25) is 0 Å². The van der Waals surface area contributed by atoms with Crippen LogP contribution in [0.25, 0.3) is 0 Å². The average Bonchev–Trinajstić information content (AvgIpc) is 3.30. The molecule has 1 aliphatic carbocycles. The predicted octanol–water partition coefficient (Wildman–Crippen LogP) is 4.36. The molecule has 0 amide bonds. The number of benzene rings is 2. The fraction of sp³-hybridized carbons (Fsp3) is 0.294. The van der Waals surface area contributed by atoms with E-state index in [0.717, 1.165) is 17.2 Å². The lowest BCUT2D eigenvalue weighted by Gasteiger charge is -2.18. The predicted molar refractivity (Wildman–Crippen MR) is 83.3 cm³/mol. The number of aliphatic hydroxyl groups excluding tert-OH is 1. The highest BCUT2D eigenvalue weighted by molar-refractivity contribution is 6.30. The van der Waals surface area contributed by atoms with Crippen LogP contribution in [0.5, 0.6) is 0 Å². The van der Waals surface area contributed by atoms with Crippen molar-refractivity contribution in [1.29, 1.82) is 0 Å². The van der Waals surface area contributed by atoms with Gasteiger partial charge < -0.3 is 10.4 Å². The maximum Gasteiger partial charge on any atom is 0.0745 e. The van der Waals surface area contributed by atoms with Crippen LogP contribution in [0, 0.1) is 0 Å². The summed E-state index contributed by atoms with van der Waals surface area (Å²) in [6.07, 6.45) is 2.62. The summed E-state index contributed by atoms with van der Waals surface area (Å²) in [6.45, 7) is 0.0509. The van der Waals surface area contributed by atoms with E-state index >= 15 is 0 Å². The summed E-state index contributed by atoms with van der Waals surface area (Å²) in [6, 6.07) is 16.0. The smallest absolute Gasteiger partial charge is 0.0745 e. The molecule has 0 saturated heterocycles. The molecule has 2 N–H and O–H groups in total. The molecule has 3 rings (SSSR count). The maximum absolute atomic E-state index is 9.61. The third-order valence-electron chi connectivity index (χ3n) is 3.74. The second kappa shape index (κ2) is 5.86. The average molecular weight is 288 g/mol. The van der Waals surface area contributed by atoms with Gasteiger partial charge in [0.15, 0.2) is 0 Å². The van der Waals surface area contributed by atoms with Gasteiger partial charge >= 0.3 is 0 Å². The first-order chi connectivity index (χ1) is 9.76. The molecule has 20 heavy (non-hydrogen) atoms. The van der Waals surface area contributed by atoms with Crippen LogP contribution in [0.2, 0.25) is 5.02 Å². The second-order valence-electron chi connectivity index (χ2n) is 5.33. The number of rotatable bonds is 5. The second-order valence-corrected chi connectivity index (χ2v) is 5.77. The molecule has 2 aromatic rings. The van der Waals surface area contributed by atoms with Crippen molar-refractivity contribution in [3.63, 3.8) is 0 Å². The molecule has 3 heteroatoms. The van der Waals surface area contributed by atoms with Crippen molar-refractivity contribution in [3.05, 3.63) is 64.7 Å². The van der Waals surface area contributed by atoms with E-state index in [0.29, 0.717) is 5.02 Å². The van der Waals surface area contributed by atoms with E-state index in [4.69, 9.17) is 11.6 Å². The highest BCUT2D eigenvalue weighted by atomic mass is 35.5. The van der Waals surface area contributed by atoms with Crippen molar-refractivity contribution in [2.24, 2.45) is 0 Å². The SMILES string of the molecule is OCC(Nc1cccc(Cl)c1)c1ccc(C2CC2)cc1. The Kier molecular flexibility index (Phi) is 3.95. The fourth-order valence-corrected chi connectivity index (χ4v) is 2.62. The molecule has 0 heterocycles. The van der Waals surface area contributed by atoms with Crippen LogP contribution < -0.4 is 5.32 Å². The van der Waals surface area contributed by atoms with Gasteiger partial charge in [-0.3, -0.25) is 0 Å². The first-order valence-corrected chi connectivity index (χ1v) is 7.37. The molecule has 1 aliphatic rings. The van der Waals surface area contributed by atoms with Crippen LogP contribution in [0.1, 0.15) is 35.9 Å². The van der Waals surface area contributed by atoms with Gasteiger partial charge in [-0.2, -0.15) is 0 Å². The third-order valence-corrected chi connectivity index (χ3v) is 3.97. The summed E-state index contributed by atoms with van der Waals surface area (Å²) < 4.78 is 0. The molecule has 0 aromatic heterocycles. The summed E-state index contributed by atoms with van der Waals surface area (Å²) >= 11 is 5.98. The van der Waals surface area contributed by atoms with Crippen LogP contribution in [-0.4, -0.2) is 11.7 Å². The molecule has 1 unspecified atom stereocenters. The number of hydrogen-bond acceptors (Lipinski definition) is 2. The molecule has 104 valence electrons. The van der Waals surface area contributed by atoms with Crippen LogP contribution in [0.4, 0.5) is 5.69 Å². The lowest BCUT2D eigenvalue weighted by Crippen LogP contribution is -2.14. The van der Waals surface area contributed by atoms with E-state index in [9.17, 15) is 5.11 Å². The lowest BCUT2D eigenvalue weighted by molar-refractivity contribution is 0.276. The first-order valence-electron chi connectivity index (χ1n) is 6.99. The lowest BCUT2D eigenvalue weighted by atomic mass is 10.0. The molecular formula is C17H18ClNO. The van der Waals surface area contributed by atoms with Crippen molar-refractivity contribution in [3.8, 4) is 0 Å². The Morgan fingerprint density at radius 2 is 1.90 bits per heavy atom. The molecule has 0 radical (unpaired) electrons. The number of anilines is 1. The Hall–Kier alpha value is -1.51. The van der Waals surface area contributed by atoms with Crippen molar-refractivity contribution in [1.82, 2.24) is 0 Å². The minimum Gasteiger partial charge on any atom is -0.394 e. The van der Waals surface area contributed by atoms with E-state index in [2.05, 4.69) is 29.6 Å². The number of nitrogens with one attached hydrogen (secondary N) is 1. The van der Waals surface area contributed by atoms with Gasteiger partial charge in [0.1, 0.15) is 0 Å². The Labute approximate surface area is 124 Å². The number of hydrogen-bond donors (Lipinski definition) is 2. The van der Waals surface area contributed by atoms with Crippen LogP contribution in [0.15, 0.2) is 48.5 Å². The Balaban J connectivity index is 1.75. The topological polar surface area (TPSA) is 32.3 Å². The van der Waals surface area contributed by atoms with Crippen molar-refractivity contribution >= 4 is 17.3 Å². The van der Waals surface area contributed by atoms with Gasteiger partial charge in [0.05, 0.1) is 12.6 Å². The Morgan fingerprint density at radius 3 is 2.50 bits per heavy atom.